The molecule has 158 valence electrons. The average molecular weight is 420 g/mol. The van der Waals surface area contributed by atoms with Crippen molar-refractivity contribution >= 4 is 17.4 Å². The lowest BCUT2D eigenvalue weighted by Gasteiger charge is -2.12. The van der Waals surface area contributed by atoms with Gasteiger partial charge in [-0.25, -0.2) is 4.68 Å². The number of nitriles is 1. The molecular weight excluding hydrogens is 400 g/mol. The molecule has 2 N–H and O–H groups in total. The van der Waals surface area contributed by atoms with Crippen molar-refractivity contribution in [3.8, 4) is 11.8 Å². The molecule has 10 nitrogen and oxygen atoms in total. The number of rotatable bonds is 6. The number of aromatic nitrogens is 3. The Balaban J connectivity index is 1.78. The summed E-state index contributed by atoms with van der Waals surface area (Å²) in [7, 11) is 0. The molecule has 0 atom stereocenters. The normalized spacial score (nSPS) is 10.5. The zero-order valence-electron chi connectivity index (χ0n) is 17.2. The van der Waals surface area contributed by atoms with E-state index in [9.17, 15) is 25.0 Å². The molecule has 0 aliphatic rings. The number of amides is 1. The standard InChI is InChI=1S/C21H20N6O4/c1-12-10-19(26(25-12)15-4-6-16(7-5-15)27(30)31)24-20(28)9-8-17-13(2)18(11-22)21(29)23-14(17)3/h4-7,10H,8-9H2,1-3H3,(H,23,29)(H,24,28). The van der Waals surface area contributed by atoms with E-state index >= 15 is 0 Å². The number of aromatic amines is 1. The number of nitro groups is 1. The van der Waals surface area contributed by atoms with E-state index in [-0.39, 0.29) is 23.6 Å². The third-order valence-electron chi connectivity index (χ3n) is 4.93. The van der Waals surface area contributed by atoms with E-state index in [1.807, 2.05) is 6.07 Å². The van der Waals surface area contributed by atoms with Gasteiger partial charge in [-0.05, 0) is 50.5 Å². The van der Waals surface area contributed by atoms with E-state index in [1.165, 1.54) is 16.8 Å². The number of nitrogens with zero attached hydrogens (tertiary/aromatic N) is 4. The zero-order valence-corrected chi connectivity index (χ0v) is 17.2. The topological polar surface area (TPSA) is 147 Å². The van der Waals surface area contributed by atoms with Gasteiger partial charge in [-0.2, -0.15) is 10.4 Å². The van der Waals surface area contributed by atoms with Crippen molar-refractivity contribution < 1.29 is 9.72 Å². The number of nitrogens with one attached hydrogen (secondary N) is 2. The SMILES string of the molecule is Cc1cc(NC(=O)CCc2c(C)[nH]c(=O)c(C#N)c2C)n(-c2ccc([N+](=O)[O-])cc2)n1. The third kappa shape index (κ3) is 4.51. The largest absolute Gasteiger partial charge is 0.325 e. The minimum atomic E-state index is -0.487. The smallest absolute Gasteiger partial charge is 0.269 e. The van der Waals surface area contributed by atoms with Gasteiger partial charge in [0.1, 0.15) is 17.5 Å². The minimum Gasteiger partial charge on any atom is -0.325 e. The van der Waals surface area contributed by atoms with Gasteiger partial charge in [0.2, 0.25) is 5.91 Å². The van der Waals surface area contributed by atoms with E-state index in [2.05, 4.69) is 15.4 Å². The number of non-ortho nitro benzene ring substituents is 1. The minimum absolute atomic E-state index is 0.0402. The number of hydrogen-bond acceptors (Lipinski definition) is 6. The molecule has 0 saturated carbocycles. The van der Waals surface area contributed by atoms with Crippen LogP contribution in [-0.2, 0) is 11.2 Å². The van der Waals surface area contributed by atoms with Gasteiger partial charge in [-0.15, -0.1) is 0 Å². The third-order valence-corrected chi connectivity index (χ3v) is 4.93. The second-order valence-corrected chi connectivity index (χ2v) is 7.07. The molecular formula is C21H20N6O4. The molecule has 2 aromatic heterocycles. The van der Waals surface area contributed by atoms with Crippen molar-refractivity contribution in [2.24, 2.45) is 0 Å². The first-order chi connectivity index (χ1) is 14.7. The molecule has 0 bridgehead atoms. The number of carbonyl (C=O) groups is 1. The summed E-state index contributed by atoms with van der Waals surface area (Å²) in [6.07, 6.45) is 0.475. The number of pyridine rings is 1. The number of anilines is 1. The van der Waals surface area contributed by atoms with Crippen molar-refractivity contribution in [1.82, 2.24) is 14.8 Å². The first-order valence-corrected chi connectivity index (χ1v) is 9.45. The lowest BCUT2D eigenvalue weighted by Crippen LogP contribution is -2.19. The number of nitro benzene ring substituents is 1. The van der Waals surface area contributed by atoms with Gasteiger partial charge < -0.3 is 10.3 Å². The molecule has 2 heterocycles. The molecule has 0 aliphatic heterocycles. The van der Waals surface area contributed by atoms with Crippen LogP contribution in [0.2, 0.25) is 0 Å². The fourth-order valence-electron chi connectivity index (χ4n) is 3.37. The van der Waals surface area contributed by atoms with Gasteiger partial charge in [-0.1, -0.05) is 0 Å². The summed E-state index contributed by atoms with van der Waals surface area (Å²) in [5, 5.41) is 27.2. The van der Waals surface area contributed by atoms with Gasteiger partial charge in [0.15, 0.2) is 0 Å². The monoisotopic (exact) mass is 420 g/mol. The molecule has 3 rings (SSSR count). The van der Waals surface area contributed by atoms with Gasteiger partial charge >= 0.3 is 0 Å². The van der Waals surface area contributed by atoms with Crippen LogP contribution in [0.5, 0.6) is 0 Å². The summed E-state index contributed by atoms with van der Waals surface area (Å²) in [5.41, 5.74) is 2.76. The lowest BCUT2D eigenvalue weighted by molar-refractivity contribution is -0.384. The summed E-state index contributed by atoms with van der Waals surface area (Å²) < 4.78 is 1.50. The Morgan fingerprint density at radius 3 is 2.58 bits per heavy atom. The second kappa shape index (κ2) is 8.62. The zero-order chi connectivity index (χ0) is 22.7. The van der Waals surface area contributed by atoms with Gasteiger partial charge in [-0.3, -0.25) is 19.7 Å². The molecule has 0 fully saturated rings. The number of H-pyrrole nitrogens is 1. The highest BCUT2D eigenvalue weighted by Crippen LogP contribution is 2.21. The maximum absolute atomic E-state index is 12.6. The number of aryl methyl sites for hydroxylation is 2. The van der Waals surface area contributed by atoms with Gasteiger partial charge in [0.05, 0.1) is 16.3 Å². The molecule has 0 aliphatic carbocycles. The molecule has 0 unspecified atom stereocenters. The Kier molecular flexibility index (Phi) is 5.97. The summed E-state index contributed by atoms with van der Waals surface area (Å²) >= 11 is 0. The van der Waals surface area contributed by atoms with Crippen LogP contribution in [0.15, 0.2) is 35.1 Å². The van der Waals surface area contributed by atoms with E-state index in [1.54, 1.807) is 39.0 Å². The summed E-state index contributed by atoms with van der Waals surface area (Å²) in [6.45, 7) is 5.20. The Bertz CT molecular complexity index is 1260. The van der Waals surface area contributed by atoms with Crippen LogP contribution in [0.1, 0.15) is 34.5 Å². The van der Waals surface area contributed by atoms with Crippen LogP contribution >= 0.6 is 0 Å². The van der Waals surface area contributed by atoms with E-state index < -0.39 is 10.5 Å². The Morgan fingerprint density at radius 1 is 1.29 bits per heavy atom. The van der Waals surface area contributed by atoms with Crippen LogP contribution in [0.4, 0.5) is 11.5 Å². The highest BCUT2D eigenvalue weighted by Gasteiger charge is 2.16. The van der Waals surface area contributed by atoms with Crippen LogP contribution in [0.25, 0.3) is 5.69 Å². The number of carbonyl (C=O) groups excluding carboxylic acids is 1. The molecule has 0 saturated heterocycles. The van der Waals surface area contributed by atoms with Crippen molar-refractivity contribution in [2.75, 3.05) is 5.32 Å². The molecule has 1 aromatic carbocycles. The van der Waals surface area contributed by atoms with Crippen LogP contribution in [-0.4, -0.2) is 25.6 Å². The molecule has 3 aromatic rings. The first kappa shape index (κ1) is 21.4. The van der Waals surface area contributed by atoms with Crippen molar-refractivity contribution in [1.29, 1.82) is 5.26 Å². The summed E-state index contributed by atoms with van der Waals surface area (Å²) in [6, 6.07) is 9.44. The van der Waals surface area contributed by atoms with Crippen LogP contribution in [0.3, 0.4) is 0 Å². The number of hydrogen-bond donors (Lipinski definition) is 2. The van der Waals surface area contributed by atoms with E-state index in [4.69, 9.17) is 0 Å². The highest BCUT2D eigenvalue weighted by atomic mass is 16.6. The molecule has 31 heavy (non-hydrogen) atoms. The molecule has 10 heteroatoms. The van der Waals surface area contributed by atoms with Crippen molar-refractivity contribution in [3.63, 3.8) is 0 Å². The molecule has 0 spiro atoms. The number of benzene rings is 1. The fraction of sp³-hybridized carbons (Fsp3) is 0.238. The van der Waals surface area contributed by atoms with Crippen molar-refractivity contribution in [2.45, 2.75) is 33.6 Å². The van der Waals surface area contributed by atoms with Gasteiger partial charge in [0, 0.05) is 30.3 Å². The second-order valence-electron chi connectivity index (χ2n) is 7.07. The fourth-order valence-corrected chi connectivity index (χ4v) is 3.37. The first-order valence-electron chi connectivity index (χ1n) is 9.45. The van der Waals surface area contributed by atoms with Crippen LogP contribution < -0.4 is 10.9 Å². The Labute approximate surface area is 177 Å². The summed E-state index contributed by atoms with van der Waals surface area (Å²) in [4.78, 5) is 37.4. The van der Waals surface area contributed by atoms with E-state index in [0.29, 0.717) is 34.9 Å². The lowest BCUT2D eigenvalue weighted by atomic mass is 9.99. The quantitative estimate of drug-likeness (QED) is 0.463. The average Bonchev–Trinajstić information content (AvgIpc) is 3.07. The summed E-state index contributed by atoms with van der Waals surface area (Å²) in [5.74, 6) is 0.163. The van der Waals surface area contributed by atoms with Crippen molar-refractivity contribution in [3.05, 3.63) is 78.9 Å². The maximum atomic E-state index is 12.6. The molecule has 0 radical (unpaired) electrons. The van der Waals surface area contributed by atoms with Crippen LogP contribution in [0, 0.1) is 42.2 Å². The predicted octanol–water partition coefficient (Wildman–Crippen LogP) is 2.84. The van der Waals surface area contributed by atoms with E-state index in [0.717, 1.165) is 5.56 Å². The maximum Gasteiger partial charge on any atom is 0.269 e. The van der Waals surface area contributed by atoms with Gasteiger partial charge in [0.25, 0.3) is 11.2 Å². The Hall–Kier alpha value is -4.26. The highest BCUT2D eigenvalue weighted by molar-refractivity contribution is 5.90. The molecule has 1 amide bonds. The predicted molar refractivity (Wildman–Crippen MR) is 113 cm³/mol. The Morgan fingerprint density at radius 2 is 1.97 bits per heavy atom.